The molecule has 2 aliphatic rings. The summed E-state index contributed by atoms with van der Waals surface area (Å²) in [5, 5.41) is 3.39. The van der Waals surface area contributed by atoms with Gasteiger partial charge in [-0.05, 0) is 24.1 Å². The smallest absolute Gasteiger partial charge is 0.123 e. The number of aryl methyl sites for hydroxylation is 1. The van der Waals surface area contributed by atoms with Crippen molar-refractivity contribution >= 4 is 0 Å². The highest BCUT2D eigenvalue weighted by Gasteiger charge is 2.25. The summed E-state index contributed by atoms with van der Waals surface area (Å²) in [6, 6.07) is 4.22. The first-order chi connectivity index (χ1) is 7.86. The number of morpholine rings is 1. The fourth-order valence-electron chi connectivity index (χ4n) is 2.62. The standard InChI is InChI=1S/C13H17NO2/c1-9-2-3-11-10(4-6-15-11)13(9)12-8-14-5-7-16-12/h2-3,12,14H,4-8H2,1H3. The Morgan fingerprint density at radius 1 is 1.31 bits per heavy atom. The van der Waals surface area contributed by atoms with Gasteiger partial charge in [0.2, 0.25) is 0 Å². The Hall–Kier alpha value is -1.06. The Kier molecular flexibility index (Phi) is 2.58. The van der Waals surface area contributed by atoms with E-state index in [-0.39, 0.29) is 6.10 Å². The third-order valence-corrected chi connectivity index (χ3v) is 3.39. The Morgan fingerprint density at radius 3 is 3.06 bits per heavy atom. The number of nitrogens with one attached hydrogen (secondary N) is 1. The first-order valence-corrected chi connectivity index (χ1v) is 5.94. The minimum Gasteiger partial charge on any atom is -0.493 e. The molecule has 2 heterocycles. The molecule has 0 radical (unpaired) electrons. The molecule has 16 heavy (non-hydrogen) atoms. The molecule has 3 rings (SSSR count). The molecule has 1 aromatic carbocycles. The summed E-state index contributed by atoms with van der Waals surface area (Å²) in [6.45, 7) is 5.64. The molecular weight excluding hydrogens is 202 g/mol. The van der Waals surface area contributed by atoms with E-state index in [0.717, 1.165) is 38.5 Å². The molecule has 0 spiro atoms. The summed E-state index contributed by atoms with van der Waals surface area (Å²) in [4.78, 5) is 0. The monoisotopic (exact) mass is 219 g/mol. The van der Waals surface area contributed by atoms with E-state index in [4.69, 9.17) is 9.47 Å². The minimum atomic E-state index is 0.199. The number of hydrogen-bond acceptors (Lipinski definition) is 3. The fourth-order valence-corrected chi connectivity index (χ4v) is 2.62. The van der Waals surface area contributed by atoms with Crippen LogP contribution in [-0.4, -0.2) is 26.3 Å². The molecule has 0 aliphatic carbocycles. The molecule has 3 heteroatoms. The SMILES string of the molecule is Cc1ccc2c(c1C1CNCCO1)CCO2. The summed E-state index contributed by atoms with van der Waals surface area (Å²) in [5.74, 6) is 1.05. The van der Waals surface area contributed by atoms with E-state index in [9.17, 15) is 0 Å². The lowest BCUT2D eigenvalue weighted by atomic mass is 9.95. The number of fused-ring (bicyclic) bond motifs is 1. The molecule has 1 fully saturated rings. The topological polar surface area (TPSA) is 30.5 Å². The van der Waals surface area contributed by atoms with Crippen LogP contribution in [0.4, 0.5) is 0 Å². The van der Waals surface area contributed by atoms with Crippen LogP contribution in [0.2, 0.25) is 0 Å². The van der Waals surface area contributed by atoms with Crippen molar-refractivity contribution in [3.8, 4) is 5.75 Å². The van der Waals surface area contributed by atoms with Crippen molar-refractivity contribution in [3.63, 3.8) is 0 Å². The predicted molar refractivity (Wildman–Crippen MR) is 61.9 cm³/mol. The maximum atomic E-state index is 5.85. The zero-order chi connectivity index (χ0) is 11.0. The van der Waals surface area contributed by atoms with Crippen molar-refractivity contribution in [1.29, 1.82) is 0 Å². The normalized spacial score (nSPS) is 23.9. The maximum absolute atomic E-state index is 5.85. The molecule has 0 amide bonds. The molecular formula is C13H17NO2. The Balaban J connectivity index is 2.01. The van der Waals surface area contributed by atoms with Gasteiger partial charge in [0.25, 0.3) is 0 Å². The summed E-state index contributed by atoms with van der Waals surface area (Å²) < 4.78 is 11.5. The molecule has 1 saturated heterocycles. The van der Waals surface area contributed by atoms with Crippen LogP contribution in [-0.2, 0) is 11.2 Å². The van der Waals surface area contributed by atoms with Gasteiger partial charge < -0.3 is 14.8 Å². The highest BCUT2D eigenvalue weighted by atomic mass is 16.5. The lowest BCUT2D eigenvalue weighted by Gasteiger charge is -2.26. The second-order valence-electron chi connectivity index (χ2n) is 4.43. The molecule has 2 aliphatic heterocycles. The summed E-state index contributed by atoms with van der Waals surface area (Å²) in [6.07, 6.45) is 1.22. The Bertz CT molecular complexity index is 397. The molecule has 1 N–H and O–H groups in total. The molecule has 1 atom stereocenters. The van der Waals surface area contributed by atoms with Crippen molar-refractivity contribution in [3.05, 3.63) is 28.8 Å². The first-order valence-electron chi connectivity index (χ1n) is 5.94. The van der Waals surface area contributed by atoms with Gasteiger partial charge in [-0.15, -0.1) is 0 Å². The van der Waals surface area contributed by atoms with Gasteiger partial charge in [-0.25, -0.2) is 0 Å². The number of benzene rings is 1. The van der Waals surface area contributed by atoms with Crippen molar-refractivity contribution in [2.75, 3.05) is 26.3 Å². The minimum absolute atomic E-state index is 0.199. The van der Waals surface area contributed by atoms with Gasteiger partial charge in [0.15, 0.2) is 0 Å². The number of rotatable bonds is 1. The Labute approximate surface area is 95.8 Å². The Morgan fingerprint density at radius 2 is 2.25 bits per heavy atom. The second-order valence-corrected chi connectivity index (χ2v) is 4.43. The van der Waals surface area contributed by atoms with Gasteiger partial charge in [-0.2, -0.15) is 0 Å². The van der Waals surface area contributed by atoms with E-state index >= 15 is 0 Å². The quantitative estimate of drug-likeness (QED) is 0.778. The van der Waals surface area contributed by atoms with Gasteiger partial charge in [0.05, 0.1) is 19.3 Å². The van der Waals surface area contributed by atoms with Crippen molar-refractivity contribution in [1.82, 2.24) is 5.32 Å². The van der Waals surface area contributed by atoms with Crippen LogP contribution in [0, 0.1) is 6.92 Å². The lowest BCUT2D eigenvalue weighted by molar-refractivity contribution is 0.0268. The highest BCUT2D eigenvalue weighted by molar-refractivity contribution is 5.48. The van der Waals surface area contributed by atoms with Crippen LogP contribution < -0.4 is 10.1 Å². The van der Waals surface area contributed by atoms with E-state index in [1.165, 1.54) is 16.7 Å². The second kappa shape index (κ2) is 4.07. The van der Waals surface area contributed by atoms with E-state index in [1.807, 2.05) is 0 Å². The average Bonchev–Trinajstić information content (AvgIpc) is 2.78. The van der Waals surface area contributed by atoms with Crippen LogP contribution in [0.15, 0.2) is 12.1 Å². The summed E-state index contributed by atoms with van der Waals surface area (Å²) in [5.41, 5.74) is 4.02. The molecule has 3 nitrogen and oxygen atoms in total. The largest absolute Gasteiger partial charge is 0.493 e. The van der Waals surface area contributed by atoms with E-state index < -0.39 is 0 Å². The predicted octanol–water partition coefficient (Wildman–Crippen LogP) is 1.59. The van der Waals surface area contributed by atoms with Crippen LogP contribution in [0.25, 0.3) is 0 Å². The first kappa shape index (κ1) is 10.1. The highest BCUT2D eigenvalue weighted by Crippen LogP contribution is 2.35. The van der Waals surface area contributed by atoms with Gasteiger partial charge in [0, 0.05) is 25.1 Å². The van der Waals surface area contributed by atoms with Crippen LogP contribution in [0.3, 0.4) is 0 Å². The average molecular weight is 219 g/mol. The van der Waals surface area contributed by atoms with E-state index in [1.54, 1.807) is 0 Å². The van der Waals surface area contributed by atoms with Gasteiger partial charge >= 0.3 is 0 Å². The molecule has 0 saturated carbocycles. The van der Waals surface area contributed by atoms with Crippen molar-refractivity contribution in [2.24, 2.45) is 0 Å². The molecule has 86 valence electrons. The zero-order valence-corrected chi connectivity index (χ0v) is 9.58. The molecule has 0 bridgehead atoms. The third kappa shape index (κ3) is 1.60. The summed E-state index contributed by atoms with van der Waals surface area (Å²) in [7, 11) is 0. The fraction of sp³-hybridized carbons (Fsp3) is 0.538. The van der Waals surface area contributed by atoms with Crippen molar-refractivity contribution < 1.29 is 9.47 Å². The number of hydrogen-bond donors (Lipinski definition) is 1. The van der Waals surface area contributed by atoms with E-state index in [0.29, 0.717) is 0 Å². The molecule has 1 unspecified atom stereocenters. The van der Waals surface area contributed by atoms with Gasteiger partial charge in [-0.1, -0.05) is 6.07 Å². The van der Waals surface area contributed by atoms with Crippen LogP contribution in [0.5, 0.6) is 5.75 Å². The van der Waals surface area contributed by atoms with Crippen LogP contribution in [0.1, 0.15) is 22.8 Å². The number of ether oxygens (including phenoxy) is 2. The maximum Gasteiger partial charge on any atom is 0.123 e. The zero-order valence-electron chi connectivity index (χ0n) is 9.58. The van der Waals surface area contributed by atoms with Crippen LogP contribution >= 0.6 is 0 Å². The lowest BCUT2D eigenvalue weighted by Crippen LogP contribution is -2.34. The van der Waals surface area contributed by atoms with E-state index in [2.05, 4.69) is 24.4 Å². The third-order valence-electron chi connectivity index (χ3n) is 3.39. The van der Waals surface area contributed by atoms with Gasteiger partial charge in [0.1, 0.15) is 5.75 Å². The van der Waals surface area contributed by atoms with Crippen molar-refractivity contribution in [2.45, 2.75) is 19.4 Å². The summed E-state index contributed by atoms with van der Waals surface area (Å²) >= 11 is 0. The molecule has 0 aromatic heterocycles. The molecule has 1 aromatic rings. The van der Waals surface area contributed by atoms with Gasteiger partial charge in [-0.3, -0.25) is 0 Å².